The average molecular weight is 353 g/mol. The van der Waals surface area contributed by atoms with E-state index >= 15 is 0 Å². The quantitative estimate of drug-likeness (QED) is 0.662. The molecule has 5 nitrogen and oxygen atoms in total. The van der Waals surface area contributed by atoms with Gasteiger partial charge in [0, 0.05) is 11.6 Å². The molecule has 3 rings (SSSR count). The summed E-state index contributed by atoms with van der Waals surface area (Å²) in [5.74, 6) is 1.02. The summed E-state index contributed by atoms with van der Waals surface area (Å²) < 4.78 is 5.75. The largest absolute Gasteiger partial charge is 0.505 e. The Labute approximate surface area is 154 Å². The monoisotopic (exact) mass is 353 g/mol. The minimum absolute atomic E-state index is 0.169. The van der Waals surface area contributed by atoms with Crippen molar-refractivity contribution in [3.63, 3.8) is 0 Å². The minimum Gasteiger partial charge on any atom is -0.505 e. The van der Waals surface area contributed by atoms with Crippen LogP contribution in [0.15, 0.2) is 30.3 Å². The SMILES string of the molecule is CCCCOc1ccc2nn(-c3cc(C)cc(C(C)(C)C)c3O)nc2c1. The van der Waals surface area contributed by atoms with Crippen LogP contribution in [0.2, 0.25) is 0 Å². The van der Waals surface area contributed by atoms with Crippen molar-refractivity contribution >= 4 is 11.0 Å². The van der Waals surface area contributed by atoms with Crippen LogP contribution in [0, 0.1) is 6.92 Å². The molecular formula is C21H27N3O2. The molecule has 3 aromatic rings. The third kappa shape index (κ3) is 3.66. The van der Waals surface area contributed by atoms with Gasteiger partial charge in [-0.2, -0.15) is 0 Å². The number of nitrogens with zero attached hydrogens (tertiary/aromatic N) is 3. The van der Waals surface area contributed by atoms with Gasteiger partial charge >= 0.3 is 0 Å². The van der Waals surface area contributed by atoms with Crippen LogP contribution in [0.5, 0.6) is 11.5 Å². The number of aromatic hydroxyl groups is 1. The van der Waals surface area contributed by atoms with E-state index in [-0.39, 0.29) is 11.2 Å². The molecule has 0 spiro atoms. The van der Waals surface area contributed by atoms with Crippen LogP contribution in [0.3, 0.4) is 0 Å². The van der Waals surface area contributed by atoms with Gasteiger partial charge in [0.2, 0.25) is 0 Å². The number of phenolic OH excluding ortho intramolecular Hbond substituents is 1. The number of aryl methyl sites for hydroxylation is 1. The third-order valence-electron chi connectivity index (χ3n) is 4.38. The van der Waals surface area contributed by atoms with Crippen molar-refractivity contribution < 1.29 is 9.84 Å². The number of unbranched alkanes of at least 4 members (excludes halogenated alkanes) is 1. The molecule has 26 heavy (non-hydrogen) atoms. The first-order valence-corrected chi connectivity index (χ1v) is 9.14. The molecule has 0 bridgehead atoms. The Morgan fingerprint density at radius 1 is 1.08 bits per heavy atom. The highest BCUT2D eigenvalue weighted by Crippen LogP contribution is 2.36. The summed E-state index contributed by atoms with van der Waals surface area (Å²) in [5, 5.41) is 19.9. The molecule has 0 atom stereocenters. The molecule has 1 N–H and O–H groups in total. The molecule has 0 amide bonds. The second-order valence-electron chi connectivity index (χ2n) is 7.77. The van der Waals surface area contributed by atoms with Crippen LogP contribution in [-0.4, -0.2) is 26.7 Å². The highest BCUT2D eigenvalue weighted by Gasteiger charge is 2.22. The van der Waals surface area contributed by atoms with Crippen molar-refractivity contribution in [3.8, 4) is 17.2 Å². The van der Waals surface area contributed by atoms with E-state index in [9.17, 15) is 5.11 Å². The molecule has 2 aromatic carbocycles. The minimum atomic E-state index is -0.169. The first kappa shape index (κ1) is 18.2. The molecule has 1 aromatic heterocycles. The third-order valence-corrected chi connectivity index (χ3v) is 4.38. The van der Waals surface area contributed by atoms with Gasteiger partial charge in [0.25, 0.3) is 0 Å². The first-order valence-electron chi connectivity index (χ1n) is 9.14. The van der Waals surface area contributed by atoms with E-state index in [2.05, 4.69) is 37.9 Å². The Bertz CT molecular complexity index is 923. The maximum Gasteiger partial charge on any atom is 0.146 e. The number of ether oxygens (including phenoxy) is 1. The molecule has 0 fully saturated rings. The fourth-order valence-electron chi connectivity index (χ4n) is 2.91. The molecule has 5 heteroatoms. The lowest BCUT2D eigenvalue weighted by Gasteiger charge is -2.22. The number of benzene rings is 2. The lowest BCUT2D eigenvalue weighted by molar-refractivity contribution is 0.310. The van der Waals surface area contributed by atoms with Crippen molar-refractivity contribution in [2.75, 3.05) is 6.61 Å². The predicted molar refractivity (Wildman–Crippen MR) is 104 cm³/mol. The Morgan fingerprint density at radius 2 is 1.81 bits per heavy atom. The summed E-state index contributed by atoms with van der Waals surface area (Å²) >= 11 is 0. The van der Waals surface area contributed by atoms with E-state index in [1.165, 1.54) is 4.80 Å². The number of hydrogen-bond donors (Lipinski definition) is 1. The molecule has 0 aliphatic rings. The average Bonchev–Trinajstić information content (AvgIpc) is 2.99. The maximum absolute atomic E-state index is 10.8. The zero-order valence-corrected chi connectivity index (χ0v) is 16.2. The second-order valence-corrected chi connectivity index (χ2v) is 7.77. The van der Waals surface area contributed by atoms with Crippen LogP contribution < -0.4 is 4.74 Å². The van der Waals surface area contributed by atoms with Crippen molar-refractivity contribution in [1.29, 1.82) is 0 Å². The summed E-state index contributed by atoms with van der Waals surface area (Å²) in [6.07, 6.45) is 2.12. The molecule has 0 unspecified atom stereocenters. The molecule has 0 aliphatic carbocycles. The summed E-state index contributed by atoms with van der Waals surface area (Å²) in [6, 6.07) is 9.63. The van der Waals surface area contributed by atoms with E-state index < -0.39 is 0 Å². The van der Waals surface area contributed by atoms with Gasteiger partial charge in [0.05, 0.1) is 6.61 Å². The van der Waals surface area contributed by atoms with Crippen molar-refractivity contribution in [3.05, 3.63) is 41.5 Å². The molecule has 0 saturated carbocycles. The summed E-state index contributed by atoms with van der Waals surface area (Å²) in [6.45, 7) is 11.1. The van der Waals surface area contributed by atoms with Crippen LogP contribution >= 0.6 is 0 Å². The normalized spacial score (nSPS) is 11.9. The van der Waals surface area contributed by atoms with Gasteiger partial charge in [-0.15, -0.1) is 15.0 Å². The fourth-order valence-corrected chi connectivity index (χ4v) is 2.91. The number of hydrogen-bond acceptors (Lipinski definition) is 4. The number of aromatic nitrogens is 3. The standard InChI is InChI=1S/C21H27N3O2/c1-6-7-10-26-15-8-9-17-18(13-15)23-24(22-17)19-12-14(2)11-16(20(19)25)21(3,4)5/h8-9,11-13,25H,6-7,10H2,1-5H3. The molecule has 1 heterocycles. The van der Waals surface area contributed by atoms with E-state index in [4.69, 9.17) is 4.74 Å². The van der Waals surface area contributed by atoms with Crippen LogP contribution in [0.1, 0.15) is 51.7 Å². The predicted octanol–water partition coefficient (Wildman–Crippen LogP) is 4.91. The molecule has 138 valence electrons. The van der Waals surface area contributed by atoms with E-state index in [1.807, 2.05) is 37.3 Å². The van der Waals surface area contributed by atoms with E-state index in [0.717, 1.165) is 40.8 Å². The summed E-state index contributed by atoms with van der Waals surface area (Å²) in [5.41, 5.74) is 3.89. The molecule has 0 radical (unpaired) electrons. The van der Waals surface area contributed by atoms with Gasteiger partial charge in [-0.05, 0) is 42.5 Å². The van der Waals surface area contributed by atoms with Gasteiger partial charge in [0.15, 0.2) is 0 Å². The Kier molecular flexibility index (Phi) is 4.90. The zero-order chi connectivity index (χ0) is 18.9. The highest BCUT2D eigenvalue weighted by molar-refractivity contribution is 5.76. The van der Waals surface area contributed by atoms with Gasteiger partial charge in [0.1, 0.15) is 28.2 Å². The van der Waals surface area contributed by atoms with E-state index in [1.54, 1.807) is 0 Å². The van der Waals surface area contributed by atoms with Crippen LogP contribution in [-0.2, 0) is 5.41 Å². The zero-order valence-electron chi connectivity index (χ0n) is 16.2. The summed E-state index contributed by atoms with van der Waals surface area (Å²) in [4.78, 5) is 1.51. The molecule has 0 saturated heterocycles. The van der Waals surface area contributed by atoms with Crippen molar-refractivity contribution in [1.82, 2.24) is 15.0 Å². The second kappa shape index (κ2) is 6.98. The fraction of sp³-hybridized carbons (Fsp3) is 0.429. The molecular weight excluding hydrogens is 326 g/mol. The number of rotatable bonds is 5. The number of phenols is 1. The van der Waals surface area contributed by atoms with Crippen LogP contribution in [0.4, 0.5) is 0 Å². The van der Waals surface area contributed by atoms with Gasteiger partial charge in [-0.1, -0.05) is 40.2 Å². The first-order chi connectivity index (χ1) is 12.3. The smallest absolute Gasteiger partial charge is 0.146 e. The van der Waals surface area contributed by atoms with E-state index in [0.29, 0.717) is 12.3 Å². The maximum atomic E-state index is 10.8. The lowest BCUT2D eigenvalue weighted by Crippen LogP contribution is -2.13. The Morgan fingerprint density at radius 3 is 2.50 bits per heavy atom. The molecule has 0 aliphatic heterocycles. The van der Waals surface area contributed by atoms with Gasteiger partial charge in [-0.25, -0.2) is 0 Å². The van der Waals surface area contributed by atoms with Gasteiger partial charge < -0.3 is 9.84 Å². The highest BCUT2D eigenvalue weighted by atomic mass is 16.5. The topological polar surface area (TPSA) is 60.2 Å². The van der Waals surface area contributed by atoms with Gasteiger partial charge in [-0.3, -0.25) is 0 Å². The van der Waals surface area contributed by atoms with Crippen molar-refractivity contribution in [2.45, 2.75) is 52.9 Å². The van der Waals surface area contributed by atoms with Crippen molar-refractivity contribution in [2.24, 2.45) is 0 Å². The number of fused-ring (bicyclic) bond motifs is 1. The Balaban J connectivity index is 2.02. The summed E-state index contributed by atoms with van der Waals surface area (Å²) in [7, 11) is 0. The lowest BCUT2D eigenvalue weighted by atomic mass is 9.85. The van der Waals surface area contributed by atoms with Crippen LogP contribution in [0.25, 0.3) is 16.7 Å². The Hall–Kier alpha value is -2.56.